The highest BCUT2D eigenvalue weighted by molar-refractivity contribution is 5.76. The monoisotopic (exact) mass is 134 g/mol. The Morgan fingerprint density at radius 2 is 2.20 bits per heavy atom. The van der Waals surface area contributed by atoms with E-state index in [1.165, 1.54) is 12.1 Å². The molecule has 1 radical (unpaired) electrons. The molecule has 0 aliphatic rings. The molecule has 0 atom stereocenters. The van der Waals surface area contributed by atoms with Crippen LogP contribution in [0, 0.1) is 4.91 Å². The second-order valence-electron chi connectivity index (χ2n) is 1.74. The zero-order valence-electron chi connectivity index (χ0n) is 5.07. The van der Waals surface area contributed by atoms with Crippen molar-refractivity contribution in [3.05, 3.63) is 34.7 Å². The second-order valence-corrected chi connectivity index (χ2v) is 1.74. The molecule has 0 unspecified atom stereocenters. The first-order chi connectivity index (χ1) is 4.86. The summed E-state index contributed by atoms with van der Waals surface area (Å²) in [5.74, 6) is 0. The van der Waals surface area contributed by atoms with Crippen molar-refractivity contribution in [3.63, 3.8) is 0 Å². The molecule has 0 fully saturated rings. The predicted octanol–water partition coefficient (Wildman–Crippen LogP) is 1.54. The first-order valence-electron chi connectivity index (χ1n) is 2.68. The Hall–Kier alpha value is -1.51. The average Bonchev–Trinajstić information content (AvgIpc) is 2.05. The van der Waals surface area contributed by atoms with Crippen LogP contribution in [0.1, 0.15) is 5.56 Å². The van der Waals surface area contributed by atoms with Crippen molar-refractivity contribution in [2.75, 3.05) is 0 Å². The molecule has 0 aromatic heterocycles. The number of hydrogen-bond acceptors (Lipinski definition) is 3. The minimum absolute atomic E-state index is 0.251. The van der Waals surface area contributed by atoms with Crippen LogP contribution in [0.25, 0.3) is 0 Å². The van der Waals surface area contributed by atoms with Crippen molar-refractivity contribution in [2.24, 2.45) is 5.18 Å². The molecule has 0 N–H and O–H groups in total. The Labute approximate surface area is 57.7 Å². The van der Waals surface area contributed by atoms with Gasteiger partial charge in [0.15, 0.2) is 0 Å². The number of nitroso groups, excluding NO2 is 1. The van der Waals surface area contributed by atoms with E-state index in [9.17, 15) is 9.70 Å². The van der Waals surface area contributed by atoms with Crippen LogP contribution in [0.15, 0.2) is 29.4 Å². The molecule has 0 spiro atoms. The zero-order chi connectivity index (χ0) is 7.40. The van der Waals surface area contributed by atoms with E-state index in [-0.39, 0.29) is 5.69 Å². The van der Waals surface area contributed by atoms with Crippen LogP contribution in [0.2, 0.25) is 0 Å². The summed E-state index contributed by atoms with van der Waals surface area (Å²) in [4.78, 5) is 19.9. The lowest BCUT2D eigenvalue weighted by Gasteiger charge is -1.87. The maximum atomic E-state index is 10.0. The summed E-state index contributed by atoms with van der Waals surface area (Å²) in [6.07, 6.45) is 1.65. The van der Waals surface area contributed by atoms with Gasteiger partial charge >= 0.3 is 0 Å². The number of rotatable bonds is 2. The molecular weight excluding hydrogens is 130 g/mol. The Kier molecular flexibility index (Phi) is 1.89. The third kappa shape index (κ3) is 1.25. The average molecular weight is 134 g/mol. The van der Waals surface area contributed by atoms with Gasteiger partial charge in [-0.05, 0) is 17.3 Å². The van der Waals surface area contributed by atoms with Crippen molar-refractivity contribution in [3.8, 4) is 0 Å². The van der Waals surface area contributed by atoms with Gasteiger partial charge in [0.2, 0.25) is 6.29 Å². The summed E-state index contributed by atoms with van der Waals surface area (Å²) in [6, 6.07) is 6.03. The number of benzene rings is 1. The smallest absolute Gasteiger partial charge is 0.233 e. The van der Waals surface area contributed by atoms with E-state index >= 15 is 0 Å². The Morgan fingerprint density at radius 1 is 1.40 bits per heavy atom. The molecule has 1 rings (SSSR count). The highest BCUT2D eigenvalue weighted by Crippen LogP contribution is 2.11. The van der Waals surface area contributed by atoms with Gasteiger partial charge in [0.1, 0.15) is 5.69 Å². The Morgan fingerprint density at radius 3 is 2.80 bits per heavy atom. The van der Waals surface area contributed by atoms with Crippen molar-refractivity contribution in [2.45, 2.75) is 0 Å². The molecule has 0 amide bonds. The molecule has 0 bridgehead atoms. The fourth-order valence-corrected chi connectivity index (χ4v) is 0.626. The number of carbonyl (C=O) groups excluding carboxylic acids is 1. The summed E-state index contributed by atoms with van der Waals surface area (Å²) in [7, 11) is 0. The molecule has 0 saturated heterocycles. The standard InChI is InChI=1S/C7H4NO2/c9-5-6-2-1-3-7(4-6)8-10/h1-4H. The first kappa shape index (κ1) is 6.61. The maximum absolute atomic E-state index is 10.0. The summed E-state index contributed by atoms with van der Waals surface area (Å²) in [6.45, 7) is 0. The topological polar surface area (TPSA) is 46.5 Å². The lowest BCUT2D eigenvalue weighted by atomic mass is 10.2. The third-order valence-corrected chi connectivity index (χ3v) is 1.07. The van der Waals surface area contributed by atoms with Gasteiger partial charge in [-0.15, -0.1) is 4.91 Å². The van der Waals surface area contributed by atoms with Crippen LogP contribution in [-0.2, 0) is 4.79 Å². The zero-order valence-corrected chi connectivity index (χ0v) is 5.07. The van der Waals surface area contributed by atoms with E-state index in [2.05, 4.69) is 5.18 Å². The van der Waals surface area contributed by atoms with Crippen LogP contribution in [0.5, 0.6) is 0 Å². The van der Waals surface area contributed by atoms with Crippen LogP contribution in [0.4, 0.5) is 5.69 Å². The summed E-state index contributed by atoms with van der Waals surface area (Å²) >= 11 is 0. The van der Waals surface area contributed by atoms with E-state index < -0.39 is 0 Å². The molecule has 1 aromatic carbocycles. The lowest BCUT2D eigenvalue weighted by molar-refractivity contribution is 0.563. The lowest BCUT2D eigenvalue weighted by Crippen LogP contribution is -1.76. The molecule has 1 aromatic rings. The normalized spacial score (nSPS) is 8.80. The van der Waals surface area contributed by atoms with Gasteiger partial charge in [0, 0.05) is 5.56 Å². The van der Waals surface area contributed by atoms with Gasteiger partial charge in [0.25, 0.3) is 0 Å². The minimum atomic E-state index is 0.251. The SMILES string of the molecule is O=[C]c1cccc(N=O)c1. The predicted molar refractivity (Wildman–Crippen MR) is 36.7 cm³/mol. The second kappa shape index (κ2) is 2.87. The Bertz CT molecular complexity index is 234. The van der Waals surface area contributed by atoms with E-state index in [4.69, 9.17) is 0 Å². The fraction of sp³-hybridized carbons (Fsp3) is 0. The minimum Gasteiger partial charge on any atom is -0.285 e. The molecule has 0 aliphatic carbocycles. The van der Waals surface area contributed by atoms with Crippen molar-refractivity contribution < 1.29 is 4.79 Å². The van der Waals surface area contributed by atoms with Crippen LogP contribution in [-0.4, -0.2) is 6.29 Å². The molecule has 10 heavy (non-hydrogen) atoms. The molecular formula is C7H4NO2. The summed E-state index contributed by atoms with van der Waals surface area (Å²) in [5.41, 5.74) is 0.595. The highest BCUT2D eigenvalue weighted by Gasteiger charge is 1.92. The van der Waals surface area contributed by atoms with E-state index in [1.807, 2.05) is 0 Å². The van der Waals surface area contributed by atoms with Gasteiger partial charge in [-0.1, -0.05) is 12.1 Å². The summed E-state index contributed by atoms with van der Waals surface area (Å²) in [5, 5.41) is 2.65. The van der Waals surface area contributed by atoms with Gasteiger partial charge < -0.3 is 0 Å². The molecule has 49 valence electrons. The molecule has 0 heterocycles. The molecule has 3 heteroatoms. The molecule has 3 nitrogen and oxygen atoms in total. The number of hydrogen-bond donors (Lipinski definition) is 0. The highest BCUT2D eigenvalue weighted by atomic mass is 16.3. The van der Waals surface area contributed by atoms with E-state index in [0.717, 1.165) is 0 Å². The van der Waals surface area contributed by atoms with Gasteiger partial charge in [-0.2, -0.15) is 0 Å². The van der Waals surface area contributed by atoms with Crippen LogP contribution >= 0.6 is 0 Å². The van der Waals surface area contributed by atoms with Crippen molar-refractivity contribution in [1.82, 2.24) is 0 Å². The van der Waals surface area contributed by atoms with Crippen molar-refractivity contribution >= 4 is 12.0 Å². The quantitative estimate of drug-likeness (QED) is 0.576. The molecule has 0 saturated carbocycles. The Balaban J connectivity index is 3.09. The van der Waals surface area contributed by atoms with E-state index in [0.29, 0.717) is 5.56 Å². The van der Waals surface area contributed by atoms with E-state index in [1.54, 1.807) is 18.4 Å². The fourth-order valence-electron chi connectivity index (χ4n) is 0.626. The molecule has 0 aliphatic heterocycles. The van der Waals surface area contributed by atoms with Gasteiger partial charge in [-0.25, -0.2) is 0 Å². The first-order valence-corrected chi connectivity index (χ1v) is 2.68. The van der Waals surface area contributed by atoms with Gasteiger partial charge in [0.05, 0.1) is 0 Å². The third-order valence-electron chi connectivity index (χ3n) is 1.07. The number of nitrogens with zero attached hydrogens (tertiary/aromatic N) is 1. The largest absolute Gasteiger partial charge is 0.285 e. The maximum Gasteiger partial charge on any atom is 0.233 e. The van der Waals surface area contributed by atoms with Crippen molar-refractivity contribution in [1.29, 1.82) is 0 Å². The van der Waals surface area contributed by atoms with Crippen LogP contribution in [0.3, 0.4) is 0 Å². The summed E-state index contributed by atoms with van der Waals surface area (Å²) < 4.78 is 0. The van der Waals surface area contributed by atoms with Gasteiger partial charge in [-0.3, -0.25) is 4.79 Å². The van der Waals surface area contributed by atoms with Crippen LogP contribution < -0.4 is 0 Å².